The molecule has 4 nitrogen and oxygen atoms in total. The fourth-order valence-corrected chi connectivity index (χ4v) is 3.44. The molecule has 2 amide bonds. The second kappa shape index (κ2) is 7.71. The number of nitrogens with two attached hydrogens (primary N) is 1. The minimum Gasteiger partial charge on any atom is -0.335 e. The van der Waals surface area contributed by atoms with Gasteiger partial charge in [0.05, 0.1) is 0 Å². The van der Waals surface area contributed by atoms with Gasteiger partial charge in [0.15, 0.2) is 0 Å². The van der Waals surface area contributed by atoms with E-state index in [1.165, 1.54) is 12.8 Å². The fourth-order valence-electron chi connectivity index (χ4n) is 2.70. The van der Waals surface area contributed by atoms with Crippen LogP contribution in [0, 0.1) is 0 Å². The van der Waals surface area contributed by atoms with E-state index >= 15 is 0 Å². The largest absolute Gasteiger partial charge is 0.335 e. The van der Waals surface area contributed by atoms with Crippen molar-refractivity contribution >= 4 is 23.5 Å². The van der Waals surface area contributed by atoms with Gasteiger partial charge in [-0.1, -0.05) is 12.1 Å². The molecule has 1 aliphatic rings. The topological polar surface area (TPSA) is 67.2 Å². The first-order chi connectivity index (χ1) is 10.1. The molecule has 4 N–H and O–H groups in total. The first-order valence-electron chi connectivity index (χ1n) is 7.54. The van der Waals surface area contributed by atoms with Gasteiger partial charge in [-0.15, -0.1) is 0 Å². The first-order valence-corrected chi connectivity index (χ1v) is 8.83. The molecule has 0 aromatic heterocycles. The number of carbonyl (C=O) groups excluding carboxylic acids is 1. The van der Waals surface area contributed by atoms with Gasteiger partial charge >= 0.3 is 6.03 Å². The van der Waals surface area contributed by atoms with Crippen LogP contribution in [0.2, 0.25) is 0 Å². The highest BCUT2D eigenvalue weighted by Gasteiger charge is 2.21. The van der Waals surface area contributed by atoms with Crippen LogP contribution in [-0.2, 0) is 0 Å². The van der Waals surface area contributed by atoms with Crippen LogP contribution in [0.15, 0.2) is 24.3 Å². The van der Waals surface area contributed by atoms with Crippen molar-refractivity contribution in [3.05, 3.63) is 29.8 Å². The molecule has 2 rings (SSSR count). The Kier molecular flexibility index (Phi) is 5.94. The number of benzene rings is 1. The van der Waals surface area contributed by atoms with Crippen LogP contribution in [0.25, 0.3) is 0 Å². The highest BCUT2D eigenvalue weighted by atomic mass is 32.2. The molecule has 0 aliphatic heterocycles. The third kappa shape index (κ3) is 4.93. The maximum absolute atomic E-state index is 12.1. The average molecular weight is 307 g/mol. The van der Waals surface area contributed by atoms with Gasteiger partial charge in [0.25, 0.3) is 0 Å². The quantitative estimate of drug-likeness (QED) is 0.797. The second-order valence-electron chi connectivity index (χ2n) is 5.72. The van der Waals surface area contributed by atoms with Crippen molar-refractivity contribution in [1.29, 1.82) is 0 Å². The van der Waals surface area contributed by atoms with Gasteiger partial charge in [-0.2, -0.15) is 11.8 Å². The van der Waals surface area contributed by atoms with Gasteiger partial charge in [-0.25, -0.2) is 4.79 Å². The molecule has 1 fully saturated rings. The third-order valence-electron chi connectivity index (χ3n) is 4.01. The van der Waals surface area contributed by atoms with Crippen LogP contribution in [0.1, 0.15) is 44.2 Å². The normalized spacial score (nSPS) is 23.4. The van der Waals surface area contributed by atoms with Crippen molar-refractivity contribution in [1.82, 2.24) is 5.32 Å². The Bertz CT molecular complexity index is 470. The molecular weight excluding hydrogens is 282 g/mol. The summed E-state index contributed by atoms with van der Waals surface area (Å²) in [5.74, 6) is 0. The van der Waals surface area contributed by atoms with E-state index in [4.69, 9.17) is 5.73 Å². The molecule has 116 valence electrons. The monoisotopic (exact) mass is 307 g/mol. The fraction of sp³-hybridized carbons (Fsp3) is 0.562. The molecule has 21 heavy (non-hydrogen) atoms. The van der Waals surface area contributed by atoms with Gasteiger partial charge in [0.2, 0.25) is 0 Å². The molecule has 0 bridgehead atoms. The second-order valence-corrected chi connectivity index (χ2v) is 6.86. The maximum Gasteiger partial charge on any atom is 0.319 e. The Labute approximate surface area is 131 Å². The van der Waals surface area contributed by atoms with E-state index in [1.807, 2.05) is 43.0 Å². The van der Waals surface area contributed by atoms with E-state index in [2.05, 4.69) is 16.9 Å². The summed E-state index contributed by atoms with van der Waals surface area (Å²) in [5, 5.41) is 6.73. The van der Waals surface area contributed by atoms with E-state index in [0.717, 1.165) is 29.3 Å². The molecule has 1 atom stereocenters. The Morgan fingerprint density at radius 2 is 2.05 bits per heavy atom. The summed E-state index contributed by atoms with van der Waals surface area (Å²) in [7, 11) is 0. The Balaban J connectivity index is 1.83. The van der Waals surface area contributed by atoms with Gasteiger partial charge in [0, 0.05) is 23.0 Å². The van der Waals surface area contributed by atoms with Gasteiger partial charge in [0.1, 0.15) is 0 Å². The number of hydrogen-bond donors (Lipinski definition) is 3. The SMILES string of the molecule is CSC1CCC(NC(=O)Nc2cccc(C(C)N)c2)CC1. The van der Waals surface area contributed by atoms with Crippen molar-refractivity contribution in [2.75, 3.05) is 11.6 Å². The number of carbonyl (C=O) groups is 1. The van der Waals surface area contributed by atoms with Crippen molar-refractivity contribution in [2.24, 2.45) is 5.73 Å². The molecule has 1 aromatic rings. The van der Waals surface area contributed by atoms with Gasteiger partial charge in [-0.3, -0.25) is 0 Å². The highest BCUT2D eigenvalue weighted by Crippen LogP contribution is 2.26. The van der Waals surface area contributed by atoms with Gasteiger partial charge < -0.3 is 16.4 Å². The summed E-state index contributed by atoms with van der Waals surface area (Å²) < 4.78 is 0. The van der Waals surface area contributed by atoms with Crippen molar-refractivity contribution in [3.63, 3.8) is 0 Å². The predicted octanol–water partition coefficient (Wildman–Crippen LogP) is 3.50. The summed E-state index contributed by atoms with van der Waals surface area (Å²) in [5.41, 5.74) is 7.67. The number of rotatable bonds is 4. The maximum atomic E-state index is 12.1. The van der Waals surface area contributed by atoms with E-state index in [-0.39, 0.29) is 12.1 Å². The number of anilines is 1. The summed E-state index contributed by atoms with van der Waals surface area (Å²) >= 11 is 1.93. The number of nitrogens with one attached hydrogen (secondary N) is 2. The number of amides is 2. The Morgan fingerprint density at radius 1 is 1.33 bits per heavy atom. The van der Waals surface area contributed by atoms with Crippen LogP contribution in [0.4, 0.5) is 10.5 Å². The number of urea groups is 1. The standard InChI is InChI=1S/C16H25N3OS/c1-11(17)12-4-3-5-14(10-12)19-16(20)18-13-6-8-15(21-2)9-7-13/h3-5,10-11,13,15H,6-9,17H2,1-2H3,(H2,18,19,20). The number of hydrogen-bond acceptors (Lipinski definition) is 3. The van der Waals surface area contributed by atoms with Crippen LogP contribution in [0.3, 0.4) is 0 Å². The lowest BCUT2D eigenvalue weighted by molar-refractivity contribution is 0.244. The van der Waals surface area contributed by atoms with E-state index < -0.39 is 0 Å². The van der Waals surface area contributed by atoms with E-state index in [9.17, 15) is 4.79 Å². The smallest absolute Gasteiger partial charge is 0.319 e. The van der Waals surface area contributed by atoms with Crippen LogP contribution in [0.5, 0.6) is 0 Å². The molecule has 0 heterocycles. The lowest BCUT2D eigenvalue weighted by atomic mass is 9.95. The zero-order chi connectivity index (χ0) is 15.2. The van der Waals surface area contributed by atoms with Crippen LogP contribution >= 0.6 is 11.8 Å². The van der Waals surface area contributed by atoms with Crippen LogP contribution < -0.4 is 16.4 Å². The summed E-state index contributed by atoms with van der Waals surface area (Å²) in [4.78, 5) is 12.1. The minimum absolute atomic E-state index is 0.0309. The van der Waals surface area contributed by atoms with Gasteiger partial charge in [-0.05, 0) is 56.6 Å². The molecular formula is C16H25N3OS. The first kappa shape index (κ1) is 16.2. The molecule has 5 heteroatoms. The zero-order valence-corrected chi connectivity index (χ0v) is 13.6. The van der Waals surface area contributed by atoms with Crippen LogP contribution in [-0.4, -0.2) is 23.6 Å². The molecule has 1 saturated carbocycles. The summed E-state index contributed by atoms with van der Waals surface area (Å²) in [6, 6.07) is 7.84. The molecule has 1 aliphatic carbocycles. The summed E-state index contributed by atoms with van der Waals surface area (Å²) in [6.07, 6.45) is 6.67. The third-order valence-corrected chi connectivity index (χ3v) is 5.15. The Morgan fingerprint density at radius 3 is 2.67 bits per heavy atom. The zero-order valence-electron chi connectivity index (χ0n) is 12.8. The predicted molar refractivity (Wildman–Crippen MR) is 90.8 cm³/mol. The summed E-state index contributed by atoms with van der Waals surface area (Å²) in [6.45, 7) is 1.93. The molecule has 0 spiro atoms. The minimum atomic E-state index is -0.121. The molecule has 0 saturated heterocycles. The average Bonchev–Trinajstić information content (AvgIpc) is 2.48. The molecule has 1 unspecified atom stereocenters. The lowest BCUT2D eigenvalue weighted by Gasteiger charge is -2.28. The highest BCUT2D eigenvalue weighted by molar-refractivity contribution is 7.99. The van der Waals surface area contributed by atoms with E-state index in [0.29, 0.717) is 6.04 Å². The van der Waals surface area contributed by atoms with Crippen molar-refractivity contribution in [3.8, 4) is 0 Å². The van der Waals surface area contributed by atoms with E-state index in [1.54, 1.807) is 0 Å². The number of thioether (sulfide) groups is 1. The van der Waals surface area contributed by atoms with Crippen molar-refractivity contribution in [2.45, 2.75) is 49.9 Å². The van der Waals surface area contributed by atoms with Crippen molar-refractivity contribution < 1.29 is 4.79 Å². The lowest BCUT2D eigenvalue weighted by Crippen LogP contribution is -2.40. The molecule has 0 radical (unpaired) electrons. The molecule has 1 aromatic carbocycles. The Hall–Kier alpha value is -1.20.